The van der Waals surface area contributed by atoms with E-state index in [0.717, 1.165) is 12.2 Å². The van der Waals surface area contributed by atoms with E-state index in [1.165, 1.54) is 5.56 Å². The van der Waals surface area contributed by atoms with Gasteiger partial charge in [0.1, 0.15) is 0 Å². The first-order valence-electron chi connectivity index (χ1n) is 3.80. The van der Waals surface area contributed by atoms with Crippen LogP contribution in [-0.4, -0.2) is 9.55 Å². The smallest absolute Gasteiger partial charge is 0.0731 e. The maximum absolute atomic E-state index is 4.18. The van der Waals surface area contributed by atoms with Crippen molar-refractivity contribution >= 4 is 0 Å². The standard InChI is InChI=1S/C9H10N2/c1-2-11-6-4-9-8(7-11)3-5-10-9/h3-7H,2H2,1H3. The summed E-state index contributed by atoms with van der Waals surface area (Å²) in [5.41, 5.74) is 2.30. The molecule has 0 aromatic heterocycles. The number of hydrogen-bond donors (Lipinski definition) is 0. The molecule has 0 atom stereocenters. The number of aromatic nitrogens is 2. The zero-order chi connectivity index (χ0) is 7.68. The first kappa shape index (κ1) is 6.40. The largest absolute Gasteiger partial charge is 0.354 e. The molecular weight excluding hydrogens is 136 g/mol. The van der Waals surface area contributed by atoms with E-state index in [9.17, 15) is 0 Å². The second-order valence-electron chi connectivity index (χ2n) is 2.56. The van der Waals surface area contributed by atoms with E-state index in [0.29, 0.717) is 0 Å². The summed E-state index contributed by atoms with van der Waals surface area (Å²) in [5, 5.41) is 0. The summed E-state index contributed by atoms with van der Waals surface area (Å²) in [5.74, 6) is 0. The summed E-state index contributed by atoms with van der Waals surface area (Å²) in [6, 6.07) is 4.07. The second-order valence-corrected chi connectivity index (χ2v) is 2.56. The molecular formula is C9H10N2. The van der Waals surface area contributed by atoms with Crippen molar-refractivity contribution in [1.29, 1.82) is 0 Å². The molecule has 2 nitrogen and oxygen atoms in total. The van der Waals surface area contributed by atoms with Gasteiger partial charge in [0.25, 0.3) is 0 Å². The van der Waals surface area contributed by atoms with Crippen LogP contribution >= 0.6 is 0 Å². The molecule has 0 bridgehead atoms. The van der Waals surface area contributed by atoms with Gasteiger partial charge in [-0.15, -0.1) is 0 Å². The van der Waals surface area contributed by atoms with Gasteiger partial charge in [-0.3, -0.25) is 4.98 Å². The fraction of sp³-hybridized carbons (Fsp3) is 0.222. The average Bonchev–Trinajstić information content (AvgIpc) is 2.50. The predicted octanol–water partition coefficient (Wildman–Crippen LogP) is 2.01. The van der Waals surface area contributed by atoms with E-state index in [-0.39, 0.29) is 0 Å². The Bertz CT molecular complexity index is 324. The molecule has 0 aromatic carbocycles. The van der Waals surface area contributed by atoms with Crippen molar-refractivity contribution in [3.05, 3.63) is 30.7 Å². The van der Waals surface area contributed by atoms with E-state index in [2.05, 4.69) is 28.9 Å². The van der Waals surface area contributed by atoms with Crippen LogP contribution in [0.2, 0.25) is 0 Å². The molecule has 0 aliphatic carbocycles. The molecule has 0 saturated carbocycles. The molecule has 2 heterocycles. The molecule has 0 saturated heterocycles. The molecule has 0 radical (unpaired) electrons. The zero-order valence-electron chi connectivity index (χ0n) is 6.49. The van der Waals surface area contributed by atoms with Crippen LogP contribution in [0.15, 0.2) is 30.7 Å². The third-order valence-corrected chi connectivity index (χ3v) is 1.86. The Morgan fingerprint density at radius 1 is 1.45 bits per heavy atom. The number of pyridine rings is 1. The molecule has 0 fully saturated rings. The second kappa shape index (κ2) is 2.38. The fourth-order valence-electron chi connectivity index (χ4n) is 1.19. The lowest BCUT2D eigenvalue weighted by molar-refractivity contribution is 0.756. The summed E-state index contributed by atoms with van der Waals surface area (Å²) in [7, 11) is 0. The molecule has 2 aliphatic heterocycles. The molecule has 0 aromatic rings. The molecule has 2 rings (SSSR count). The molecule has 0 amide bonds. The van der Waals surface area contributed by atoms with Gasteiger partial charge < -0.3 is 4.57 Å². The van der Waals surface area contributed by atoms with Crippen LogP contribution in [0.3, 0.4) is 0 Å². The Hall–Kier alpha value is -1.31. The molecule has 2 heteroatoms. The Balaban J connectivity index is 2.59. The Morgan fingerprint density at radius 3 is 3.18 bits per heavy atom. The lowest BCUT2D eigenvalue weighted by atomic mass is 10.2. The maximum atomic E-state index is 4.18. The summed E-state index contributed by atoms with van der Waals surface area (Å²) >= 11 is 0. The first-order valence-corrected chi connectivity index (χ1v) is 3.80. The highest BCUT2D eigenvalue weighted by Gasteiger charge is 2.00. The van der Waals surface area contributed by atoms with Crippen molar-refractivity contribution in [2.75, 3.05) is 0 Å². The van der Waals surface area contributed by atoms with E-state index in [1.807, 2.05) is 18.3 Å². The SMILES string of the molecule is CCn1ccc2nccc-2c1. The van der Waals surface area contributed by atoms with Gasteiger partial charge in [0.2, 0.25) is 0 Å². The van der Waals surface area contributed by atoms with Gasteiger partial charge in [-0.25, -0.2) is 0 Å². The monoisotopic (exact) mass is 146 g/mol. The van der Waals surface area contributed by atoms with Crippen LogP contribution in [0.25, 0.3) is 11.3 Å². The third-order valence-electron chi connectivity index (χ3n) is 1.86. The number of hydrogen-bond acceptors (Lipinski definition) is 1. The van der Waals surface area contributed by atoms with Gasteiger partial charge in [0.15, 0.2) is 0 Å². The summed E-state index contributed by atoms with van der Waals surface area (Å²) in [4.78, 5) is 4.18. The van der Waals surface area contributed by atoms with Crippen molar-refractivity contribution in [2.45, 2.75) is 13.5 Å². The van der Waals surface area contributed by atoms with Crippen molar-refractivity contribution in [1.82, 2.24) is 9.55 Å². The minimum atomic E-state index is 1.01. The summed E-state index contributed by atoms with van der Waals surface area (Å²) in [6.45, 7) is 3.14. The molecule has 0 N–H and O–H groups in total. The van der Waals surface area contributed by atoms with E-state index in [1.54, 1.807) is 0 Å². The Kier molecular flexibility index (Phi) is 1.39. The van der Waals surface area contributed by atoms with Gasteiger partial charge in [0, 0.05) is 30.7 Å². The van der Waals surface area contributed by atoms with Gasteiger partial charge in [-0.1, -0.05) is 0 Å². The van der Waals surface area contributed by atoms with Gasteiger partial charge in [-0.05, 0) is 19.1 Å². The van der Waals surface area contributed by atoms with Crippen LogP contribution in [0.4, 0.5) is 0 Å². The van der Waals surface area contributed by atoms with E-state index in [4.69, 9.17) is 0 Å². The van der Waals surface area contributed by atoms with Crippen molar-refractivity contribution in [3.63, 3.8) is 0 Å². The zero-order valence-corrected chi connectivity index (χ0v) is 6.49. The average molecular weight is 146 g/mol. The highest BCUT2D eigenvalue weighted by Crippen LogP contribution is 2.17. The number of aryl methyl sites for hydroxylation is 1. The number of nitrogens with zero attached hydrogens (tertiary/aromatic N) is 2. The quantitative estimate of drug-likeness (QED) is 0.601. The van der Waals surface area contributed by atoms with Gasteiger partial charge in [0.05, 0.1) is 5.69 Å². The van der Waals surface area contributed by atoms with Gasteiger partial charge >= 0.3 is 0 Å². The topological polar surface area (TPSA) is 17.8 Å². The number of fused-ring (bicyclic) bond motifs is 1. The van der Waals surface area contributed by atoms with Crippen LogP contribution in [-0.2, 0) is 6.54 Å². The first-order chi connectivity index (χ1) is 5.40. The third kappa shape index (κ3) is 1.00. The molecule has 56 valence electrons. The normalized spacial score (nSPS) is 10.6. The highest BCUT2D eigenvalue weighted by molar-refractivity contribution is 5.59. The van der Waals surface area contributed by atoms with E-state index >= 15 is 0 Å². The van der Waals surface area contributed by atoms with Crippen LogP contribution in [0, 0.1) is 0 Å². The summed E-state index contributed by atoms with van der Waals surface area (Å²) in [6.07, 6.45) is 6.00. The van der Waals surface area contributed by atoms with Crippen molar-refractivity contribution in [2.24, 2.45) is 0 Å². The van der Waals surface area contributed by atoms with Gasteiger partial charge in [-0.2, -0.15) is 0 Å². The number of rotatable bonds is 1. The molecule has 0 unspecified atom stereocenters. The highest BCUT2D eigenvalue weighted by atomic mass is 14.9. The minimum absolute atomic E-state index is 1.01. The van der Waals surface area contributed by atoms with Crippen LogP contribution in [0.1, 0.15) is 6.92 Å². The Labute approximate surface area is 65.8 Å². The molecule has 2 aliphatic rings. The molecule has 11 heavy (non-hydrogen) atoms. The van der Waals surface area contributed by atoms with Crippen molar-refractivity contribution < 1.29 is 0 Å². The predicted molar refractivity (Wildman–Crippen MR) is 44.5 cm³/mol. The minimum Gasteiger partial charge on any atom is -0.354 e. The lowest BCUT2D eigenvalue weighted by Gasteiger charge is -2.03. The summed E-state index contributed by atoms with van der Waals surface area (Å²) < 4.78 is 2.14. The Morgan fingerprint density at radius 2 is 2.36 bits per heavy atom. The molecule has 0 spiro atoms. The van der Waals surface area contributed by atoms with Crippen LogP contribution < -0.4 is 0 Å². The maximum Gasteiger partial charge on any atom is 0.0731 e. The van der Waals surface area contributed by atoms with E-state index < -0.39 is 0 Å². The van der Waals surface area contributed by atoms with Crippen LogP contribution in [0.5, 0.6) is 0 Å². The lowest BCUT2D eigenvalue weighted by Crippen LogP contribution is -1.94. The fourth-order valence-corrected chi connectivity index (χ4v) is 1.19. The van der Waals surface area contributed by atoms with Crippen molar-refractivity contribution in [3.8, 4) is 11.3 Å².